The van der Waals surface area contributed by atoms with Crippen molar-refractivity contribution in [3.05, 3.63) is 24.3 Å². The van der Waals surface area contributed by atoms with Gasteiger partial charge in [0.15, 0.2) is 6.61 Å². The number of anilines is 1. The SMILES string of the molecule is COC(=O)COc1ccc(NC(=O)C(C)Br)cc1. The van der Waals surface area contributed by atoms with Crippen molar-refractivity contribution in [2.45, 2.75) is 11.8 Å². The van der Waals surface area contributed by atoms with Gasteiger partial charge in [-0.05, 0) is 31.2 Å². The van der Waals surface area contributed by atoms with Crippen molar-refractivity contribution in [2.24, 2.45) is 0 Å². The van der Waals surface area contributed by atoms with Gasteiger partial charge in [-0.2, -0.15) is 0 Å². The van der Waals surface area contributed by atoms with Crippen LogP contribution in [-0.4, -0.2) is 30.4 Å². The second kappa shape index (κ2) is 7.00. The Morgan fingerprint density at radius 2 is 1.94 bits per heavy atom. The number of rotatable bonds is 5. The molecule has 6 heteroatoms. The maximum absolute atomic E-state index is 11.4. The van der Waals surface area contributed by atoms with Crippen molar-refractivity contribution in [3.8, 4) is 5.75 Å². The molecule has 0 spiro atoms. The lowest BCUT2D eigenvalue weighted by atomic mass is 10.3. The van der Waals surface area contributed by atoms with Crippen molar-refractivity contribution in [1.29, 1.82) is 0 Å². The zero-order valence-electron chi connectivity index (χ0n) is 10.1. The van der Waals surface area contributed by atoms with Crippen LogP contribution in [0.15, 0.2) is 24.3 Å². The van der Waals surface area contributed by atoms with Crippen molar-refractivity contribution >= 4 is 33.5 Å². The molecule has 0 saturated carbocycles. The molecule has 1 aromatic carbocycles. The number of hydrogen-bond acceptors (Lipinski definition) is 4. The molecule has 1 N–H and O–H groups in total. The molecule has 5 nitrogen and oxygen atoms in total. The van der Waals surface area contributed by atoms with Gasteiger partial charge in [0.1, 0.15) is 5.75 Å². The fourth-order valence-electron chi connectivity index (χ4n) is 1.08. The lowest BCUT2D eigenvalue weighted by molar-refractivity contribution is -0.142. The molecule has 1 aromatic rings. The number of halogens is 1. The Morgan fingerprint density at radius 3 is 2.44 bits per heavy atom. The molecule has 18 heavy (non-hydrogen) atoms. The third kappa shape index (κ3) is 4.75. The normalized spacial score (nSPS) is 11.5. The molecular formula is C12H14BrNO4. The summed E-state index contributed by atoms with van der Waals surface area (Å²) >= 11 is 3.17. The van der Waals surface area contributed by atoms with E-state index in [0.717, 1.165) is 0 Å². The first kappa shape index (κ1) is 14.5. The fraction of sp³-hybridized carbons (Fsp3) is 0.333. The van der Waals surface area contributed by atoms with Gasteiger partial charge in [0.05, 0.1) is 11.9 Å². The van der Waals surface area contributed by atoms with E-state index in [-0.39, 0.29) is 17.3 Å². The molecule has 0 aromatic heterocycles. The summed E-state index contributed by atoms with van der Waals surface area (Å²) in [7, 11) is 1.30. The predicted molar refractivity (Wildman–Crippen MR) is 71.0 cm³/mol. The van der Waals surface area contributed by atoms with Gasteiger partial charge in [0.25, 0.3) is 0 Å². The van der Waals surface area contributed by atoms with Crippen molar-refractivity contribution in [1.82, 2.24) is 0 Å². The van der Waals surface area contributed by atoms with E-state index in [4.69, 9.17) is 4.74 Å². The molecule has 0 saturated heterocycles. The summed E-state index contributed by atoms with van der Waals surface area (Å²) in [6, 6.07) is 6.72. The maximum Gasteiger partial charge on any atom is 0.343 e. The molecule has 98 valence electrons. The highest BCUT2D eigenvalue weighted by Crippen LogP contribution is 2.16. The van der Waals surface area contributed by atoms with Crippen LogP contribution in [0.1, 0.15) is 6.92 Å². The Bertz CT molecular complexity index is 417. The smallest absolute Gasteiger partial charge is 0.343 e. The second-order valence-electron chi connectivity index (χ2n) is 3.49. The van der Waals surface area contributed by atoms with Crippen LogP contribution in [-0.2, 0) is 14.3 Å². The maximum atomic E-state index is 11.4. The first-order chi connectivity index (χ1) is 8.52. The summed E-state index contributed by atoms with van der Waals surface area (Å²) in [6.45, 7) is 1.60. The zero-order chi connectivity index (χ0) is 13.5. The van der Waals surface area contributed by atoms with Gasteiger partial charge < -0.3 is 14.8 Å². The lowest BCUT2D eigenvalue weighted by Crippen LogP contribution is -2.19. The van der Waals surface area contributed by atoms with Crippen LogP contribution in [0.4, 0.5) is 5.69 Å². The molecule has 0 aliphatic rings. The zero-order valence-corrected chi connectivity index (χ0v) is 11.7. The quantitative estimate of drug-likeness (QED) is 0.666. The number of ether oxygens (including phenoxy) is 2. The van der Waals surface area contributed by atoms with E-state index in [1.807, 2.05) is 0 Å². The largest absolute Gasteiger partial charge is 0.482 e. The Labute approximate surface area is 114 Å². The van der Waals surface area contributed by atoms with Crippen LogP contribution in [0, 0.1) is 0 Å². The average Bonchev–Trinajstić information content (AvgIpc) is 2.37. The summed E-state index contributed by atoms with van der Waals surface area (Å²) in [6.07, 6.45) is 0. The van der Waals surface area contributed by atoms with Gasteiger partial charge >= 0.3 is 5.97 Å². The number of alkyl halides is 1. The Kier molecular flexibility index (Phi) is 5.64. The molecule has 1 unspecified atom stereocenters. The van der Waals surface area contributed by atoms with E-state index in [2.05, 4.69) is 26.0 Å². The number of benzene rings is 1. The van der Waals surface area contributed by atoms with Crippen LogP contribution in [0.3, 0.4) is 0 Å². The van der Waals surface area contributed by atoms with Crippen LogP contribution in [0.25, 0.3) is 0 Å². The summed E-state index contributed by atoms with van der Waals surface area (Å²) < 4.78 is 9.62. The number of nitrogens with one attached hydrogen (secondary N) is 1. The van der Waals surface area contributed by atoms with Gasteiger partial charge in [0.2, 0.25) is 5.91 Å². The molecule has 1 amide bonds. The predicted octanol–water partition coefficient (Wildman–Crippen LogP) is 1.96. The highest BCUT2D eigenvalue weighted by molar-refractivity contribution is 9.10. The number of amides is 1. The van der Waals surface area contributed by atoms with Gasteiger partial charge in [-0.3, -0.25) is 4.79 Å². The van der Waals surface area contributed by atoms with Crippen LogP contribution in [0.2, 0.25) is 0 Å². The highest BCUT2D eigenvalue weighted by atomic mass is 79.9. The molecule has 1 rings (SSSR count). The van der Waals surface area contributed by atoms with E-state index in [1.54, 1.807) is 31.2 Å². The fourth-order valence-corrected chi connectivity index (χ4v) is 1.19. The van der Waals surface area contributed by atoms with Crippen LogP contribution >= 0.6 is 15.9 Å². The number of methoxy groups -OCH3 is 1. The van der Waals surface area contributed by atoms with Gasteiger partial charge in [-0.25, -0.2) is 4.79 Å². The molecule has 0 aliphatic carbocycles. The molecular weight excluding hydrogens is 302 g/mol. The topological polar surface area (TPSA) is 64.6 Å². The van der Waals surface area contributed by atoms with Crippen molar-refractivity contribution < 1.29 is 19.1 Å². The first-order valence-corrected chi connectivity index (χ1v) is 6.19. The van der Waals surface area contributed by atoms with E-state index < -0.39 is 5.97 Å². The van der Waals surface area contributed by atoms with E-state index >= 15 is 0 Å². The summed E-state index contributed by atoms with van der Waals surface area (Å²) in [5, 5.41) is 2.71. The summed E-state index contributed by atoms with van der Waals surface area (Å²) in [5.74, 6) is -0.0380. The van der Waals surface area contributed by atoms with E-state index in [9.17, 15) is 9.59 Å². The van der Waals surface area contributed by atoms with Crippen LogP contribution in [0.5, 0.6) is 5.75 Å². The number of carbonyl (C=O) groups is 2. The second-order valence-corrected chi connectivity index (χ2v) is 4.87. The van der Waals surface area contributed by atoms with Gasteiger partial charge in [0, 0.05) is 5.69 Å². The molecule has 0 radical (unpaired) electrons. The highest BCUT2D eigenvalue weighted by Gasteiger charge is 2.08. The van der Waals surface area contributed by atoms with Crippen LogP contribution < -0.4 is 10.1 Å². The molecule has 0 heterocycles. The van der Waals surface area contributed by atoms with Crippen molar-refractivity contribution in [3.63, 3.8) is 0 Å². The summed E-state index contributed by atoms with van der Waals surface area (Å²) in [5.41, 5.74) is 0.664. The summed E-state index contributed by atoms with van der Waals surface area (Å²) in [4.78, 5) is 22.0. The third-order valence-corrected chi connectivity index (χ3v) is 2.48. The third-order valence-electron chi connectivity index (χ3n) is 2.07. The average molecular weight is 316 g/mol. The van der Waals surface area contributed by atoms with E-state index in [0.29, 0.717) is 11.4 Å². The number of esters is 1. The van der Waals surface area contributed by atoms with Crippen molar-refractivity contribution in [2.75, 3.05) is 19.0 Å². The first-order valence-electron chi connectivity index (χ1n) is 5.27. The lowest BCUT2D eigenvalue weighted by Gasteiger charge is -2.08. The minimum absolute atomic E-state index is 0.127. The molecule has 0 fully saturated rings. The number of hydrogen-bond donors (Lipinski definition) is 1. The minimum Gasteiger partial charge on any atom is -0.482 e. The molecule has 0 aliphatic heterocycles. The Hall–Kier alpha value is -1.56. The molecule has 0 bridgehead atoms. The monoisotopic (exact) mass is 315 g/mol. The van der Waals surface area contributed by atoms with E-state index in [1.165, 1.54) is 7.11 Å². The standard InChI is InChI=1S/C12H14BrNO4/c1-8(13)12(16)14-9-3-5-10(6-4-9)18-7-11(15)17-2/h3-6,8H,7H2,1-2H3,(H,14,16). The van der Waals surface area contributed by atoms with Gasteiger partial charge in [-0.1, -0.05) is 15.9 Å². The Balaban J connectivity index is 2.52. The number of carbonyl (C=O) groups excluding carboxylic acids is 2. The minimum atomic E-state index is -0.444. The Morgan fingerprint density at radius 1 is 1.33 bits per heavy atom. The molecule has 1 atom stereocenters. The van der Waals surface area contributed by atoms with Gasteiger partial charge in [-0.15, -0.1) is 0 Å².